The first kappa shape index (κ1) is 17.3. The Morgan fingerprint density at radius 3 is 2.39 bits per heavy atom. The Morgan fingerprint density at radius 2 is 1.74 bits per heavy atom. The lowest BCUT2D eigenvalue weighted by Gasteiger charge is -2.18. The van der Waals surface area contributed by atoms with Crippen molar-refractivity contribution >= 4 is 0 Å². The van der Waals surface area contributed by atoms with Gasteiger partial charge in [-0.05, 0) is 48.2 Å². The van der Waals surface area contributed by atoms with Gasteiger partial charge in [-0.1, -0.05) is 19.9 Å². The van der Waals surface area contributed by atoms with Crippen molar-refractivity contribution in [3.8, 4) is 11.5 Å². The molecule has 0 spiro atoms. The van der Waals surface area contributed by atoms with Gasteiger partial charge in [0.15, 0.2) is 11.5 Å². The van der Waals surface area contributed by atoms with Crippen LogP contribution in [0.25, 0.3) is 0 Å². The number of ether oxygens (including phenoxy) is 2. The van der Waals surface area contributed by atoms with Gasteiger partial charge in [0.05, 0.1) is 7.11 Å². The van der Waals surface area contributed by atoms with Crippen LogP contribution in [0.2, 0.25) is 0 Å². The highest BCUT2D eigenvalue weighted by atomic mass is 16.5. The Balaban J connectivity index is 1.98. The van der Waals surface area contributed by atoms with Gasteiger partial charge >= 0.3 is 0 Å². The smallest absolute Gasteiger partial charge is 0.161 e. The average molecular weight is 314 g/mol. The minimum atomic E-state index is 0.476. The second-order valence-corrected chi connectivity index (χ2v) is 6.04. The zero-order valence-corrected chi connectivity index (χ0v) is 14.4. The van der Waals surface area contributed by atoms with E-state index in [2.05, 4.69) is 37.1 Å². The van der Waals surface area contributed by atoms with Gasteiger partial charge in [0.2, 0.25) is 0 Å². The van der Waals surface area contributed by atoms with Crippen molar-refractivity contribution in [3.05, 3.63) is 53.9 Å². The lowest BCUT2D eigenvalue weighted by molar-refractivity contribution is 0.284. The molecule has 1 N–H and O–H groups in total. The van der Waals surface area contributed by atoms with Crippen molar-refractivity contribution in [1.82, 2.24) is 10.3 Å². The average Bonchev–Trinajstić information content (AvgIpc) is 2.58. The molecular weight excluding hydrogens is 288 g/mol. The van der Waals surface area contributed by atoms with E-state index in [-0.39, 0.29) is 0 Å². The molecule has 1 aromatic carbocycles. The number of nitrogens with zero attached hydrogens (tertiary/aromatic N) is 1. The number of benzene rings is 1. The molecule has 1 aromatic heterocycles. The van der Waals surface area contributed by atoms with E-state index in [4.69, 9.17) is 9.47 Å². The van der Waals surface area contributed by atoms with E-state index in [0.29, 0.717) is 18.6 Å². The first-order valence-corrected chi connectivity index (χ1v) is 8.02. The van der Waals surface area contributed by atoms with Crippen molar-refractivity contribution < 1.29 is 9.47 Å². The summed E-state index contributed by atoms with van der Waals surface area (Å²) in [5, 5.41) is 3.52. The number of hydrogen-bond donors (Lipinski definition) is 1. The van der Waals surface area contributed by atoms with Crippen LogP contribution in [-0.2, 0) is 13.2 Å². The molecular formula is C19H26N2O2. The molecule has 1 heterocycles. The Bertz CT molecular complexity index is 600. The van der Waals surface area contributed by atoms with Gasteiger partial charge in [-0.3, -0.25) is 4.98 Å². The number of nitrogens with one attached hydrogen (secondary N) is 1. The molecule has 1 atom stereocenters. The molecule has 0 aliphatic carbocycles. The van der Waals surface area contributed by atoms with E-state index in [1.165, 1.54) is 5.56 Å². The van der Waals surface area contributed by atoms with Crippen molar-refractivity contribution in [3.63, 3.8) is 0 Å². The molecule has 0 radical (unpaired) electrons. The largest absolute Gasteiger partial charge is 0.493 e. The highest BCUT2D eigenvalue weighted by Gasteiger charge is 2.09. The molecule has 23 heavy (non-hydrogen) atoms. The number of aromatic nitrogens is 1. The lowest BCUT2D eigenvalue weighted by Crippen LogP contribution is -2.30. The van der Waals surface area contributed by atoms with Crippen molar-refractivity contribution in [1.29, 1.82) is 0 Å². The summed E-state index contributed by atoms with van der Waals surface area (Å²) >= 11 is 0. The fraction of sp³-hybridized carbons (Fsp3) is 0.421. The summed E-state index contributed by atoms with van der Waals surface area (Å²) in [6.45, 7) is 7.96. The first-order valence-electron chi connectivity index (χ1n) is 8.02. The SMILES string of the molecule is COc1cc(CNC(C)C(C)C)ccc1OCc1ccncc1. The molecule has 0 aliphatic rings. The van der Waals surface area contributed by atoms with Crippen LogP contribution in [0.3, 0.4) is 0 Å². The Morgan fingerprint density at radius 1 is 1.00 bits per heavy atom. The third-order valence-electron chi connectivity index (χ3n) is 4.00. The second kappa shape index (κ2) is 8.53. The second-order valence-electron chi connectivity index (χ2n) is 6.04. The van der Waals surface area contributed by atoms with E-state index < -0.39 is 0 Å². The molecule has 0 bridgehead atoms. The Labute approximate surface area is 138 Å². The van der Waals surface area contributed by atoms with Crippen LogP contribution in [0.1, 0.15) is 31.9 Å². The predicted octanol–water partition coefficient (Wildman–Crippen LogP) is 3.80. The summed E-state index contributed by atoms with van der Waals surface area (Å²) in [4.78, 5) is 4.01. The summed E-state index contributed by atoms with van der Waals surface area (Å²) in [6, 6.07) is 10.4. The van der Waals surface area contributed by atoms with Gasteiger partial charge in [-0.25, -0.2) is 0 Å². The summed E-state index contributed by atoms with van der Waals surface area (Å²) in [6.07, 6.45) is 3.53. The molecule has 0 amide bonds. The number of hydrogen-bond acceptors (Lipinski definition) is 4. The van der Waals surface area contributed by atoms with Crippen molar-refractivity contribution in [2.75, 3.05) is 7.11 Å². The third-order valence-corrected chi connectivity index (χ3v) is 4.00. The van der Waals surface area contributed by atoms with Crippen LogP contribution in [0.4, 0.5) is 0 Å². The Hall–Kier alpha value is -2.07. The van der Waals surface area contributed by atoms with Crippen LogP contribution in [0, 0.1) is 5.92 Å². The van der Waals surface area contributed by atoms with Gasteiger partial charge < -0.3 is 14.8 Å². The molecule has 124 valence electrons. The monoisotopic (exact) mass is 314 g/mol. The topological polar surface area (TPSA) is 43.4 Å². The first-order chi connectivity index (χ1) is 11.1. The standard InChI is InChI=1S/C19H26N2O2/c1-14(2)15(3)21-12-17-5-6-18(19(11-17)22-4)23-13-16-7-9-20-10-8-16/h5-11,14-15,21H,12-13H2,1-4H3. The van der Waals surface area contributed by atoms with E-state index in [1.54, 1.807) is 19.5 Å². The quantitative estimate of drug-likeness (QED) is 0.805. The molecule has 4 nitrogen and oxygen atoms in total. The van der Waals surface area contributed by atoms with Crippen molar-refractivity contribution in [2.45, 2.75) is 40.0 Å². The number of rotatable bonds is 8. The third kappa shape index (κ3) is 5.25. The van der Waals surface area contributed by atoms with Gasteiger partial charge in [0.1, 0.15) is 6.61 Å². The van der Waals surface area contributed by atoms with E-state index in [9.17, 15) is 0 Å². The number of pyridine rings is 1. The van der Waals surface area contributed by atoms with Crippen molar-refractivity contribution in [2.24, 2.45) is 5.92 Å². The van der Waals surface area contributed by atoms with Gasteiger partial charge in [-0.15, -0.1) is 0 Å². The summed E-state index contributed by atoms with van der Waals surface area (Å²) in [7, 11) is 1.67. The fourth-order valence-corrected chi connectivity index (χ4v) is 2.10. The Kier molecular flexibility index (Phi) is 6.41. The zero-order valence-electron chi connectivity index (χ0n) is 14.4. The molecule has 0 aliphatic heterocycles. The minimum absolute atomic E-state index is 0.476. The summed E-state index contributed by atoms with van der Waals surface area (Å²) < 4.78 is 11.3. The molecule has 2 aromatic rings. The predicted molar refractivity (Wildman–Crippen MR) is 92.7 cm³/mol. The molecule has 2 rings (SSSR count). The highest BCUT2D eigenvalue weighted by molar-refractivity contribution is 5.43. The van der Waals surface area contributed by atoms with Crippen LogP contribution in [0.5, 0.6) is 11.5 Å². The lowest BCUT2D eigenvalue weighted by atomic mass is 10.1. The van der Waals surface area contributed by atoms with E-state index in [1.807, 2.05) is 24.3 Å². The fourth-order valence-electron chi connectivity index (χ4n) is 2.10. The molecule has 0 saturated heterocycles. The van der Waals surface area contributed by atoms with Crippen LogP contribution >= 0.6 is 0 Å². The normalized spacial score (nSPS) is 12.2. The number of methoxy groups -OCH3 is 1. The van der Waals surface area contributed by atoms with Gasteiger partial charge in [-0.2, -0.15) is 0 Å². The zero-order chi connectivity index (χ0) is 16.7. The van der Waals surface area contributed by atoms with Crippen LogP contribution in [0.15, 0.2) is 42.7 Å². The highest BCUT2D eigenvalue weighted by Crippen LogP contribution is 2.28. The van der Waals surface area contributed by atoms with Gasteiger partial charge in [0, 0.05) is 25.0 Å². The van der Waals surface area contributed by atoms with Gasteiger partial charge in [0.25, 0.3) is 0 Å². The molecule has 0 saturated carbocycles. The van der Waals surface area contributed by atoms with E-state index in [0.717, 1.165) is 23.6 Å². The van der Waals surface area contributed by atoms with Crippen LogP contribution in [-0.4, -0.2) is 18.1 Å². The molecule has 1 unspecified atom stereocenters. The maximum absolute atomic E-state index is 5.86. The maximum atomic E-state index is 5.86. The molecule has 0 fully saturated rings. The molecule has 4 heteroatoms. The van der Waals surface area contributed by atoms with Crippen LogP contribution < -0.4 is 14.8 Å². The van der Waals surface area contributed by atoms with E-state index >= 15 is 0 Å². The minimum Gasteiger partial charge on any atom is -0.493 e. The summed E-state index contributed by atoms with van der Waals surface area (Å²) in [5.74, 6) is 2.13. The summed E-state index contributed by atoms with van der Waals surface area (Å²) in [5.41, 5.74) is 2.27. The maximum Gasteiger partial charge on any atom is 0.161 e.